The van der Waals surface area contributed by atoms with E-state index in [9.17, 15) is 9.90 Å². The molecular weight excluding hydrogens is 340 g/mol. The zero-order valence-corrected chi connectivity index (χ0v) is 15.2. The topological polar surface area (TPSA) is 55.8 Å². The molecule has 138 valence electrons. The first-order chi connectivity index (χ1) is 13.2. The summed E-state index contributed by atoms with van der Waals surface area (Å²) in [6, 6.07) is 24.3. The summed E-state index contributed by atoms with van der Waals surface area (Å²) in [5.74, 6) is 0.223. The molecule has 0 amide bonds. The van der Waals surface area contributed by atoms with Crippen molar-refractivity contribution in [2.24, 2.45) is 0 Å². The van der Waals surface area contributed by atoms with Gasteiger partial charge in [-0.15, -0.1) is 0 Å². The molecule has 0 fully saturated rings. The van der Waals surface area contributed by atoms with Crippen LogP contribution in [0.4, 0.5) is 0 Å². The van der Waals surface area contributed by atoms with Gasteiger partial charge in [0.15, 0.2) is 0 Å². The highest BCUT2D eigenvalue weighted by Crippen LogP contribution is 2.25. The maximum Gasteiger partial charge on any atom is 0.313 e. The van der Waals surface area contributed by atoms with Crippen LogP contribution in [0, 0.1) is 0 Å². The first-order valence-electron chi connectivity index (χ1n) is 8.78. The number of carbonyl (C=O) groups is 1. The molecule has 3 aromatic carbocycles. The molecule has 0 spiro atoms. The lowest BCUT2D eigenvalue weighted by molar-refractivity contribution is -0.142. The van der Waals surface area contributed by atoms with Crippen LogP contribution in [0.2, 0.25) is 0 Å². The van der Waals surface area contributed by atoms with Crippen molar-refractivity contribution in [1.29, 1.82) is 0 Å². The van der Waals surface area contributed by atoms with Gasteiger partial charge in [0.05, 0.1) is 13.0 Å². The third kappa shape index (κ3) is 5.11. The highest BCUT2D eigenvalue weighted by atomic mass is 16.5. The zero-order chi connectivity index (χ0) is 19.1. The molecule has 4 nitrogen and oxygen atoms in total. The molecule has 27 heavy (non-hydrogen) atoms. The fraction of sp³-hybridized carbons (Fsp3) is 0.174. The fourth-order valence-corrected chi connectivity index (χ4v) is 2.88. The van der Waals surface area contributed by atoms with Gasteiger partial charge in [-0.25, -0.2) is 0 Å². The van der Waals surface area contributed by atoms with E-state index in [1.807, 2.05) is 54.6 Å². The first-order valence-corrected chi connectivity index (χ1v) is 8.78. The number of hydrogen-bond acceptors (Lipinski definition) is 4. The molecule has 0 aliphatic rings. The van der Waals surface area contributed by atoms with Crippen molar-refractivity contribution in [3.63, 3.8) is 0 Å². The van der Waals surface area contributed by atoms with Gasteiger partial charge in [-0.05, 0) is 47.4 Å². The Labute approximate surface area is 159 Å². The average molecular weight is 362 g/mol. The Morgan fingerprint density at radius 1 is 0.889 bits per heavy atom. The van der Waals surface area contributed by atoms with Crippen molar-refractivity contribution in [3.8, 4) is 11.5 Å². The second kappa shape index (κ2) is 8.90. The molecule has 0 aromatic heterocycles. The number of phenols is 1. The minimum absolute atomic E-state index is 0.169. The molecule has 1 unspecified atom stereocenters. The van der Waals surface area contributed by atoms with E-state index >= 15 is 0 Å². The van der Waals surface area contributed by atoms with E-state index in [-0.39, 0.29) is 11.7 Å². The zero-order valence-electron chi connectivity index (χ0n) is 15.2. The lowest BCUT2D eigenvalue weighted by atomic mass is 9.92. The van der Waals surface area contributed by atoms with Gasteiger partial charge < -0.3 is 14.6 Å². The van der Waals surface area contributed by atoms with E-state index < -0.39 is 5.92 Å². The van der Waals surface area contributed by atoms with Crippen molar-refractivity contribution in [2.45, 2.75) is 18.9 Å². The van der Waals surface area contributed by atoms with Crippen LogP contribution in [0.3, 0.4) is 0 Å². The number of hydrogen-bond donors (Lipinski definition) is 1. The number of phenolic OH excluding ortho intramolecular Hbond substituents is 1. The molecule has 3 rings (SSSR count). The van der Waals surface area contributed by atoms with Crippen molar-refractivity contribution in [2.75, 3.05) is 7.11 Å². The summed E-state index contributed by atoms with van der Waals surface area (Å²) in [4.78, 5) is 12.2. The van der Waals surface area contributed by atoms with Gasteiger partial charge in [0.1, 0.15) is 18.1 Å². The first kappa shape index (κ1) is 18.5. The number of carbonyl (C=O) groups excluding carboxylic acids is 1. The molecule has 0 radical (unpaired) electrons. The maximum absolute atomic E-state index is 12.2. The van der Waals surface area contributed by atoms with Crippen LogP contribution in [0.1, 0.15) is 22.6 Å². The van der Waals surface area contributed by atoms with E-state index in [4.69, 9.17) is 9.47 Å². The summed E-state index contributed by atoms with van der Waals surface area (Å²) in [7, 11) is 1.39. The van der Waals surface area contributed by atoms with Crippen LogP contribution < -0.4 is 4.74 Å². The van der Waals surface area contributed by atoms with Gasteiger partial charge in [-0.1, -0.05) is 54.6 Å². The molecular formula is C23H22O4. The van der Waals surface area contributed by atoms with Crippen molar-refractivity contribution >= 4 is 5.97 Å². The number of methoxy groups -OCH3 is 1. The molecule has 0 bridgehead atoms. The summed E-state index contributed by atoms with van der Waals surface area (Å²) in [5.41, 5.74) is 2.93. The van der Waals surface area contributed by atoms with Crippen molar-refractivity contribution in [1.82, 2.24) is 0 Å². The number of aromatic hydroxyl groups is 1. The summed E-state index contributed by atoms with van der Waals surface area (Å²) < 4.78 is 10.8. The Morgan fingerprint density at radius 2 is 1.56 bits per heavy atom. The maximum atomic E-state index is 12.2. The average Bonchev–Trinajstić information content (AvgIpc) is 2.72. The van der Waals surface area contributed by atoms with Crippen molar-refractivity contribution < 1.29 is 19.4 Å². The number of esters is 1. The minimum atomic E-state index is -0.424. The molecule has 0 saturated carbocycles. The van der Waals surface area contributed by atoms with Crippen LogP contribution in [0.25, 0.3) is 0 Å². The molecule has 3 aromatic rings. The van der Waals surface area contributed by atoms with E-state index in [0.717, 1.165) is 22.4 Å². The predicted octanol–water partition coefficient (Wildman–Crippen LogP) is 4.47. The molecule has 0 saturated heterocycles. The van der Waals surface area contributed by atoms with Gasteiger partial charge >= 0.3 is 5.97 Å². The Kier molecular flexibility index (Phi) is 6.10. The molecule has 0 heterocycles. The van der Waals surface area contributed by atoms with Gasteiger partial charge in [0.25, 0.3) is 0 Å². The predicted molar refractivity (Wildman–Crippen MR) is 104 cm³/mol. The van der Waals surface area contributed by atoms with Crippen LogP contribution in [-0.4, -0.2) is 18.2 Å². The minimum Gasteiger partial charge on any atom is -0.508 e. The molecule has 4 heteroatoms. The van der Waals surface area contributed by atoms with E-state index in [1.54, 1.807) is 24.3 Å². The summed E-state index contributed by atoms with van der Waals surface area (Å²) in [5, 5.41) is 9.46. The second-order valence-electron chi connectivity index (χ2n) is 6.29. The van der Waals surface area contributed by atoms with Crippen LogP contribution >= 0.6 is 0 Å². The Balaban J connectivity index is 1.67. The smallest absolute Gasteiger partial charge is 0.313 e. The highest BCUT2D eigenvalue weighted by Gasteiger charge is 2.22. The van der Waals surface area contributed by atoms with Gasteiger partial charge in [0.2, 0.25) is 0 Å². The SMILES string of the molecule is COC(=O)C(Cc1ccc(OCc2ccccc2)cc1)c1ccc(O)cc1. The third-order valence-corrected chi connectivity index (χ3v) is 4.39. The monoisotopic (exact) mass is 362 g/mol. The van der Waals surface area contributed by atoms with E-state index in [1.165, 1.54) is 7.11 Å². The number of ether oxygens (including phenoxy) is 2. The molecule has 1 N–H and O–H groups in total. The lowest BCUT2D eigenvalue weighted by Gasteiger charge is -2.16. The molecule has 1 atom stereocenters. The van der Waals surface area contributed by atoms with E-state index in [2.05, 4.69) is 0 Å². The lowest BCUT2D eigenvalue weighted by Crippen LogP contribution is -2.16. The van der Waals surface area contributed by atoms with Crippen molar-refractivity contribution in [3.05, 3.63) is 95.6 Å². The Morgan fingerprint density at radius 3 is 2.19 bits per heavy atom. The van der Waals surface area contributed by atoms with E-state index in [0.29, 0.717) is 13.0 Å². The summed E-state index contributed by atoms with van der Waals surface area (Å²) >= 11 is 0. The van der Waals surface area contributed by atoms with Gasteiger partial charge in [0, 0.05) is 0 Å². The second-order valence-corrected chi connectivity index (χ2v) is 6.29. The standard InChI is InChI=1S/C23H22O4/c1-26-23(25)22(19-9-11-20(24)12-10-19)15-17-7-13-21(14-8-17)27-16-18-5-3-2-4-6-18/h2-14,22,24H,15-16H2,1H3. The number of benzene rings is 3. The summed E-state index contributed by atoms with van der Waals surface area (Å²) in [6.07, 6.45) is 0.510. The van der Waals surface area contributed by atoms with Gasteiger partial charge in [-0.2, -0.15) is 0 Å². The molecule has 0 aliphatic heterocycles. The van der Waals surface area contributed by atoms with Gasteiger partial charge in [-0.3, -0.25) is 4.79 Å². The largest absolute Gasteiger partial charge is 0.508 e. The highest BCUT2D eigenvalue weighted by molar-refractivity contribution is 5.78. The Bertz CT molecular complexity index is 855. The van der Waals surface area contributed by atoms with Crippen LogP contribution in [0.15, 0.2) is 78.9 Å². The number of rotatable bonds is 7. The normalized spacial score (nSPS) is 11.6. The van der Waals surface area contributed by atoms with Crippen LogP contribution in [0.5, 0.6) is 11.5 Å². The quantitative estimate of drug-likeness (QED) is 0.630. The molecule has 0 aliphatic carbocycles. The summed E-state index contributed by atoms with van der Waals surface area (Å²) in [6.45, 7) is 0.512. The van der Waals surface area contributed by atoms with Crippen LogP contribution in [-0.2, 0) is 22.6 Å². The fourth-order valence-electron chi connectivity index (χ4n) is 2.88. The Hall–Kier alpha value is -3.27. The third-order valence-electron chi connectivity index (χ3n) is 4.39.